The molecule has 1 fully saturated rings. The highest BCUT2D eigenvalue weighted by atomic mass is 16.5. The van der Waals surface area contributed by atoms with E-state index >= 15 is 0 Å². The summed E-state index contributed by atoms with van der Waals surface area (Å²) in [5.74, 6) is 0.176. The number of hydrogen-bond acceptors (Lipinski definition) is 3. The Balaban J connectivity index is 2.25. The highest BCUT2D eigenvalue weighted by molar-refractivity contribution is 5.81. The smallest absolute Gasteiger partial charge is 0.225 e. The van der Waals surface area contributed by atoms with E-state index in [0.717, 1.165) is 0 Å². The molecular weight excluding hydrogens is 256 g/mol. The predicted octanol–water partition coefficient (Wildman–Crippen LogP) is 1.56. The van der Waals surface area contributed by atoms with Gasteiger partial charge in [0.2, 0.25) is 11.8 Å². The molecule has 1 rings (SSSR count). The van der Waals surface area contributed by atoms with Gasteiger partial charge in [-0.1, -0.05) is 20.8 Å². The molecule has 0 radical (unpaired) electrons. The molecule has 0 saturated carbocycles. The van der Waals surface area contributed by atoms with Crippen LogP contribution in [0.1, 0.15) is 47.5 Å². The van der Waals surface area contributed by atoms with Gasteiger partial charge in [0.25, 0.3) is 0 Å². The number of carbonyl (C=O) groups is 2. The molecule has 1 aliphatic rings. The average Bonchev–Trinajstić information content (AvgIpc) is 2.31. The molecule has 0 bridgehead atoms. The third-order valence-corrected chi connectivity index (χ3v) is 3.31. The van der Waals surface area contributed by atoms with Crippen LogP contribution < -0.4 is 5.32 Å². The Morgan fingerprint density at radius 2 is 1.75 bits per heavy atom. The van der Waals surface area contributed by atoms with Gasteiger partial charge in [-0.05, 0) is 20.3 Å². The van der Waals surface area contributed by atoms with E-state index in [2.05, 4.69) is 5.32 Å². The number of amides is 2. The fourth-order valence-electron chi connectivity index (χ4n) is 2.25. The minimum absolute atomic E-state index is 0.0264. The van der Waals surface area contributed by atoms with Crippen LogP contribution in [0.3, 0.4) is 0 Å². The molecule has 2 amide bonds. The van der Waals surface area contributed by atoms with Crippen molar-refractivity contribution in [2.45, 2.75) is 59.7 Å². The van der Waals surface area contributed by atoms with Crippen molar-refractivity contribution in [2.75, 3.05) is 19.6 Å². The average molecular weight is 284 g/mol. The number of carbonyl (C=O) groups excluding carboxylic acids is 2. The minimum Gasteiger partial charge on any atom is -0.372 e. The zero-order chi connectivity index (χ0) is 15.3. The molecule has 116 valence electrons. The number of ether oxygens (including phenoxy) is 1. The standard InChI is InChI=1S/C15H28N2O3/c1-11-9-17(10-12(2)20-11)13(18)7-6-8-16-14(19)15(3,4)5/h11-12H,6-10H2,1-5H3,(H,16,19). The van der Waals surface area contributed by atoms with Crippen LogP contribution in [0, 0.1) is 5.41 Å². The number of rotatable bonds is 4. The zero-order valence-corrected chi connectivity index (χ0v) is 13.4. The molecule has 1 heterocycles. The van der Waals surface area contributed by atoms with Crippen LogP contribution in [0.5, 0.6) is 0 Å². The summed E-state index contributed by atoms with van der Waals surface area (Å²) in [5, 5.41) is 2.86. The lowest BCUT2D eigenvalue weighted by molar-refractivity contribution is -0.143. The first-order valence-electron chi connectivity index (χ1n) is 7.41. The van der Waals surface area contributed by atoms with Gasteiger partial charge in [0.05, 0.1) is 12.2 Å². The first kappa shape index (κ1) is 17.0. The summed E-state index contributed by atoms with van der Waals surface area (Å²) in [5.41, 5.74) is -0.376. The van der Waals surface area contributed by atoms with Crippen molar-refractivity contribution < 1.29 is 14.3 Å². The van der Waals surface area contributed by atoms with Crippen molar-refractivity contribution in [3.63, 3.8) is 0 Å². The fraction of sp³-hybridized carbons (Fsp3) is 0.867. The Labute approximate surface area is 122 Å². The Kier molecular flexibility index (Phi) is 5.99. The van der Waals surface area contributed by atoms with Crippen molar-refractivity contribution in [3.05, 3.63) is 0 Å². The largest absolute Gasteiger partial charge is 0.372 e. The quantitative estimate of drug-likeness (QED) is 0.797. The second kappa shape index (κ2) is 7.07. The van der Waals surface area contributed by atoms with Gasteiger partial charge in [-0.2, -0.15) is 0 Å². The van der Waals surface area contributed by atoms with Crippen molar-refractivity contribution in [1.82, 2.24) is 10.2 Å². The van der Waals surface area contributed by atoms with Crippen molar-refractivity contribution in [2.24, 2.45) is 5.41 Å². The summed E-state index contributed by atoms with van der Waals surface area (Å²) in [6, 6.07) is 0. The molecule has 1 aliphatic heterocycles. The molecular formula is C15H28N2O3. The SMILES string of the molecule is CC1CN(C(=O)CCCNC(=O)C(C)(C)C)CC(C)O1. The summed E-state index contributed by atoms with van der Waals surface area (Å²) in [4.78, 5) is 25.6. The molecule has 0 aliphatic carbocycles. The summed E-state index contributed by atoms with van der Waals surface area (Å²) >= 11 is 0. The summed E-state index contributed by atoms with van der Waals surface area (Å²) in [6.45, 7) is 11.5. The summed E-state index contributed by atoms with van der Waals surface area (Å²) < 4.78 is 5.61. The number of morpholine rings is 1. The van der Waals surface area contributed by atoms with Crippen LogP contribution in [0.15, 0.2) is 0 Å². The third-order valence-electron chi connectivity index (χ3n) is 3.31. The van der Waals surface area contributed by atoms with Gasteiger partial charge in [-0.15, -0.1) is 0 Å². The molecule has 1 saturated heterocycles. The van der Waals surface area contributed by atoms with Gasteiger partial charge >= 0.3 is 0 Å². The van der Waals surface area contributed by atoms with E-state index in [0.29, 0.717) is 32.5 Å². The molecule has 0 spiro atoms. The fourth-order valence-corrected chi connectivity index (χ4v) is 2.25. The van der Waals surface area contributed by atoms with Gasteiger partial charge in [0.1, 0.15) is 0 Å². The molecule has 0 aromatic carbocycles. The maximum absolute atomic E-state index is 12.1. The monoisotopic (exact) mass is 284 g/mol. The van der Waals surface area contributed by atoms with E-state index in [9.17, 15) is 9.59 Å². The van der Waals surface area contributed by atoms with Gasteiger partial charge in [0.15, 0.2) is 0 Å². The Morgan fingerprint density at radius 3 is 2.25 bits per heavy atom. The molecule has 5 nitrogen and oxygen atoms in total. The van der Waals surface area contributed by atoms with E-state index < -0.39 is 0 Å². The molecule has 5 heteroatoms. The molecule has 2 atom stereocenters. The molecule has 20 heavy (non-hydrogen) atoms. The van der Waals surface area contributed by atoms with E-state index in [-0.39, 0.29) is 29.4 Å². The lowest BCUT2D eigenvalue weighted by Crippen LogP contribution is -2.48. The van der Waals surface area contributed by atoms with E-state index in [1.54, 1.807) is 0 Å². The first-order chi connectivity index (χ1) is 9.20. The van der Waals surface area contributed by atoms with Crippen LogP contribution >= 0.6 is 0 Å². The zero-order valence-electron chi connectivity index (χ0n) is 13.4. The minimum atomic E-state index is -0.376. The number of nitrogens with one attached hydrogen (secondary N) is 1. The molecule has 0 aromatic heterocycles. The Morgan fingerprint density at radius 1 is 1.20 bits per heavy atom. The van der Waals surface area contributed by atoms with Gasteiger partial charge in [0, 0.05) is 31.5 Å². The van der Waals surface area contributed by atoms with Crippen LogP contribution in [-0.2, 0) is 14.3 Å². The van der Waals surface area contributed by atoms with Crippen LogP contribution in [0.2, 0.25) is 0 Å². The molecule has 0 aromatic rings. The maximum Gasteiger partial charge on any atom is 0.225 e. The normalized spacial score (nSPS) is 23.6. The highest BCUT2D eigenvalue weighted by Crippen LogP contribution is 2.13. The predicted molar refractivity (Wildman–Crippen MR) is 78.3 cm³/mol. The number of nitrogens with zero attached hydrogens (tertiary/aromatic N) is 1. The highest BCUT2D eigenvalue weighted by Gasteiger charge is 2.25. The topological polar surface area (TPSA) is 58.6 Å². The van der Waals surface area contributed by atoms with E-state index in [1.165, 1.54) is 0 Å². The van der Waals surface area contributed by atoms with Gasteiger partial charge < -0.3 is 15.0 Å². The molecule has 2 unspecified atom stereocenters. The Hall–Kier alpha value is -1.10. The summed E-state index contributed by atoms with van der Waals surface area (Å²) in [6.07, 6.45) is 1.36. The second-order valence-corrected chi connectivity index (χ2v) is 6.67. The van der Waals surface area contributed by atoms with Crippen molar-refractivity contribution in [1.29, 1.82) is 0 Å². The van der Waals surface area contributed by atoms with E-state index in [1.807, 2.05) is 39.5 Å². The van der Waals surface area contributed by atoms with Crippen molar-refractivity contribution in [3.8, 4) is 0 Å². The van der Waals surface area contributed by atoms with E-state index in [4.69, 9.17) is 4.74 Å². The van der Waals surface area contributed by atoms with Crippen LogP contribution in [0.25, 0.3) is 0 Å². The second-order valence-electron chi connectivity index (χ2n) is 6.67. The lowest BCUT2D eigenvalue weighted by atomic mass is 9.96. The van der Waals surface area contributed by atoms with Gasteiger partial charge in [-0.25, -0.2) is 0 Å². The third kappa shape index (κ3) is 5.49. The lowest BCUT2D eigenvalue weighted by Gasteiger charge is -2.35. The maximum atomic E-state index is 12.1. The van der Waals surface area contributed by atoms with Crippen molar-refractivity contribution >= 4 is 11.8 Å². The Bertz CT molecular complexity index is 340. The molecule has 1 N–H and O–H groups in total. The van der Waals surface area contributed by atoms with Gasteiger partial charge in [-0.3, -0.25) is 9.59 Å². The first-order valence-corrected chi connectivity index (χ1v) is 7.41. The van der Waals surface area contributed by atoms with Crippen LogP contribution in [0.4, 0.5) is 0 Å². The summed E-state index contributed by atoms with van der Waals surface area (Å²) in [7, 11) is 0. The number of hydrogen-bond donors (Lipinski definition) is 1. The van der Waals surface area contributed by atoms with Crippen LogP contribution in [-0.4, -0.2) is 48.6 Å².